The van der Waals surface area contributed by atoms with Gasteiger partial charge in [0, 0.05) is 18.0 Å². The first-order valence-electron chi connectivity index (χ1n) is 8.01. The van der Waals surface area contributed by atoms with Crippen LogP contribution >= 0.6 is 0 Å². The summed E-state index contributed by atoms with van der Waals surface area (Å²) in [6, 6.07) is 20.3. The standard InChI is InChI=1S/C21H17N3O2/c1-26-19-11-9-17(10-12-19)14-23-21-4-2-3-20(24-21)22-13-16-5-7-18(15-25)8-6-16/h2-15H,1H3. The molecule has 1 heterocycles. The van der Waals surface area contributed by atoms with Gasteiger partial charge in [-0.3, -0.25) is 4.79 Å². The number of aliphatic imine (C=N–C) groups is 2. The fourth-order valence-corrected chi connectivity index (χ4v) is 2.19. The molecule has 0 N–H and O–H groups in total. The van der Waals surface area contributed by atoms with Crippen LogP contribution in [0, 0.1) is 0 Å². The van der Waals surface area contributed by atoms with Gasteiger partial charge in [0.25, 0.3) is 0 Å². The third-order valence-electron chi connectivity index (χ3n) is 3.60. The third-order valence-corrected chi connectivity index (χ3v) is 3.60. The van der Waals surface area contributed by atoms with Gasteiger partial charge >= 0.3 is 0 Å². The number of nitrogens with zero attached hydrogens (tertiary/aromatic N) is 3. The maximum atomic E-state index is 10.7. The highest BCUT2D eigenvalue weighted by Crippen LogP contribution is 2.16. The minimum atomic E-state index is 0.564. The summed E-state index contributed by atoms with van der Waals surface area (Å²) in [6.07, 6.45) is 4.26. The van der Waals surface area contributed by atoms with Crippen LogP contribution in [0.5, 0.6) is 5.75 Å². The molecule has 0 radical (unpaired) electrons. The first-order valence-corrected chi connectivity index (χ1v) is 8.01. The number of carbonyl (C=O) groups excluding carboxylic acids is 1. The lowest BCUT2D eigenvalue weighted by Crippen LogP contribution is -1.85. The van der Waals surface area contributed by atoms with E-state index in [4.69, 9.17) is 4.74 Å². The molecule has 0 spiro atoms. The molecular formula is C21H17N3O2. The largest absolute Gasteiger partial charge is 0.497 e. The predicted octanol–water partition coefficient (Wildman–Crippen LogP) is 4.40. The van der Waals surface area contributed by atoms with E-state index in [0.29, 0.717) is 17.2 Å². The average molecular weight is 343 g/mol. The van der Waals surface area contributed by atoms with Gasteiger partial charge < -0.3 is 4.74 Å². The van der Waals surface area contributed by atoms with Gasteiger partial charge in [-0.1, -0.05) is 30.3 Å². The van der Waals surface area contributed by atoms with E-state index in [2.05, 4.69) is 15.0 Å². The van der Waals surface area contributed by atoms with Gasteiger partial charge in [-0.05, 0) is 47.5 Å². The van der Waals surface area contributed by atoms with Crippen molar-refractivity contribution in [1.29, 1.82) is 0 Å². The molecule has 3 aromatic rings. The third kappa shape index (κ3) is 4.70. The summed E-state index contributed by atoms with van der Waals surface area (Å²) in [5.41, 5.74) is 2.48. The topological polar surface area (TPSA) is 63.9 Å². The van der Waals surface area contributed by atoms with Crippen LogP contribution in [0.4, 0.5) is 11.6 Å². The van der Waals surface area contributed by atoms with E-state index in [1.54, 1.807) is 31.7 Å². The van der Waals surface area contributed by atoms with E-state index < -0.39 is 0 Å². The van der Waals surface area contributed by atoms with Gasteiger partial charge in [-0.15, -0.1) is 0 Å². The second kappa shape index (κ2) is 8.48. The Kier molecular flexibility index (Phi) is 5.62. The van der Waals surface area contributed by atoms with E-state index in [1.165, 1.54) is 0 Å². The molecular weight excluding hydrogens is 326 g/mol. The Morgan fingerprint density at radius 1 is 0.769 bits per heavy atom. The monoisotopic (exact) mass is 343 g/mol. The zero-order valence-corrected chi connectivity index (χ0v) is 14.2. The van der Waals surface area contributed by atoms with Gasteiger partial charge in [0.1, 0.15) is 12.0 Å². The molecule has 0 aliphatic heterocycles. The number of aromatic nitrogens is 1. The zero-order valence-electron chi connectivity index (χ0n) is 14.2. The van der Waals surface area contributed by atoms with Crippen molar-refractivity contribution in [2.75, 3.05) is 7.11 Å². The van der Waals surface area contributed by atoms with Crippen LogP contribution in [0.3, 0.4) is 0 Å². The lowest BCUT2D eigenvalue weighted by molar-refractivity contribution is 0.112. The Hall–Kier alpha value is -3.60. The van der Waals surface area contributed by atoms with Crippen LogP contribution in [-0.2, 0) is 0 Å². The lowest BCUT2D eigenvalue weighted by Gasteiger charge is -1.99. The van der Waals surface area contributed by atoms with Crippen LogP contribution in [0.1, 0.15) is 21.5 Å². The summed E-state index contributed by atoms with van der Waals surface area (Å²) in [6.45, 7) is 0. The van der Waals surface area contributed by atoms with Crippen molar-refractivity contribution in [3.63, 3.8) is 0 Å². The second-order valence-corrected chi connectivity index (χ2v) is 5.43. The van der Waals surface area contributed by atoms with Crippen LogP contribution in [0.15, 0.2) is 76.7 Å². The Bertz CT molecular complexity index is 930. The molecule has 128 valence electrons. The van der Waals surface area contributed by atoms with Gasteiger partial charge in [0.05, 0.1) is 7.11 Å². The summed E-state index contributed by atoms with van der Waals surface area (Å²) >= 11 is 0. The number of carbonyl (C=O) groups is 1. The molecule has 0 fully saturated rings. The van der Waals surface area contributed by atoms with E-state index in [9.17, 15) is 4.79 Å². The minimum Gasteiger partial charge on any atom is -0.497 e. The van der Waals surface area contributed by atoms with E-state index in [0.717, 1.165) is 23.2 Å². The smallest absolute Gasteiger partial charge is 0.154 e. The molecule has 0 saturated heterocycles. The minimum absolute atomic E-state index is 0.564. The second-order valence-electron chi connectivity index (χ2n) is 5.43. The van der Waals surface area contributed by atoms with Crippen molar-refractivity contribution in [3.05, 3.63) is 83.4 Å². The van der Waals surface area contributed by atoms with E-state index in [1.807, 2.05) is 54.6 Å². The maximum Gasteiger partial charge on any atom is 0.154 e. The molecule has 0 bridgehead atoms. The summed E-state index contributed by atoms with van der Waals surface area (Å²) in [4.78, 5) is 23.8. The van der Waals surface area contributed by atoms with Crippen molar-refractivity contribution < 1.29 is 9.53 Å². The van der Waals surface area contributed by atoms with Crippen molar-refractivity contribution in [3.8, 4) is 5.75 Å². The SMILES string of the molecule is COc1ccc(C=Nc2cccc(N=Cc3ccc(C=O)cc3)n2)cc1. The fraction of sp³-hybridized carbons (Fsp3) is 0.0476. The van der Waals surface area contributed by atoms with Gasteiger partial charge in [0.15, 0.2) is 11.6 Å². The number of aldehydes is 1. The summed E-state index contributed by atoms with van der Waals surface area (Å²) in [5.74, 6) is 1.94. The molecule has 5 nitrogen and oxygen atoms in total. The quantitative estimate of drug-likeness (QED) is 0.492. The van der Waals surface area contributed by atoms with Crippen molar-refractivity contribution in [2.24, 2.45) is 9.98 Å². The summed E-state index contributed by atoms with van der Waals surface area (Å²) in [5, 5.41) is 0. The highest BCUT2D eigenvalue weighted by molar-refractivity contribution is 5.84. The molecule has 5 heteroatoms. The summed E-state index contributed by atoms with van der Waals surface area (Å²) in [7, 11) is 1.63. The summed E-state index contributed by atoms with van der Waals surface area (Å²) < 4.78 is 5.13. The van der Waals surface area contributed by atoms with Crippen LogP contribution < -0.4 is 4.74 Å². The molecule has 0 atom stereocenters. The molecule has 0 unspecified atom stereocenters. The van der Waals surface area contributed by atoms with Gasteiger partial charge in [0.2, 0.25) is 0 Å². The van der Waals surface area contributed by atoms with Crippen LogP contribution in [-0.4, -0.2) is 30.8 Å². The number of methoxy groups -OCH3 is 1. The number of ether oxygens (including phenoxy) is 1. The average Bonchev–Trinajstić information content (AvgIpc) is 2.72. The van der Waals surface area contributed by atoms with Crippen molar-refractivity contribution in [2.45, 2.75) is 0 Å². The Labute approximate surface area is 151 Å². The number of pyridine rings is 1. The number of benzene rings is 2. The molecule has 0 saturated carbocycles. The number of rotatable bonds is 6. The van der Waals surface area contributed by atoms with Gasteiger partial charge in [-0.2, -0.15) is 0 Å². The molecule has 0 amide bonds. The molecule has 0 aliphatic rings. The Morgan fingerprint density at radius 3 is 1.77 bits per heavy atom. The number of hydrogen-bond acceptors (Lipinski definition) is 5. The first kappa shape index (κ1) is 17.2. The van der Waals surface area contributed by atoms with Crippen molar-refractivity contribution in [1.82, 2.24) is 4.98 Å². The maximum absolute atomic E-state index is 10.7. The zero-order chi connectivity index (χ0) is 18.2. The highest BCUT2D eigenvalue weighted by Gasteiger charge is 1.96. The Morgan fingerprint density at radius 2 is 1.27 bits per heavy atom. The number of hydrogen-bond donors (Lipinski definition) is 0. The predicted molar refractivity (Wildman–Crippen MR) is 104 cm³/mol. The van der Waals surface area contributed by atoms with Crippen LogP contribution in [0.25, 0.3) is 0 Å². The molecule has 2 aromatic carbocycles. The van der Waals surface area contributed by atoms with Crippen LogP contribution in [0.2, 0.25) is 0 Å². The Balaban J connectivity index is 1.71. The molecule has 0 aliphatic carbocycles. The molecule has 26 heavy (non-hydrogen) atoms. The first-order chi connectivity index (χ1) is 12.8. The van der Waals surface area contributed by atoms with E-state index in [-0.39, 0.29) is 0 Å². The molecule has 1 aromatic heterocycles. The molecule has 3 rings (SSSR count). The van der Waals surface area contributed by atoms with E-state index >= 15 is 0 Å². The van der Waals surface area contributed by atoms with Gasteiger partial charge in [-0.25, -0.2) is 15.0 Å². The lowest BCUT2D eigenvalue weighted by atomic mass is 10.2. The normalized spacial score (nSPS) is 11.1. The van der Waals surface area contributed by atoms with Crippen molar-refractivity contribution >= 4 is 30.4 Å². The fourth-order valence-electron chi connectivity index (χ4n) is 2.19. The highest BCUT2D eigenvalue weighted by atomic mass is 16.5.